The van der Waals surface area contributed by atoms with Crippen LogP contribution in [0, 0.1) is 0 Å². The summed E-state index contributed by atoms with van der Waals surface area (Å²) < 4.78 is 0. The fourth-order valence-corrected chi connectivity index (χ4v) is 2.34. The Morgan fingerprint density at radius 3 is 2.62 bits per heavy atom. The first kappa shape index (κ1) is 11.0. The van der Waals surface area contributed by atoms with E-state index in [0.29, 0.717) is 0 Å². The maximum absolute atomic E-state index is 2.66. The van der Waals surface area contributed by atoms with Crippen LogP contribution in [0.3, 0.4) is 0 Å². The van der Waals surface area contributed by atoms with Gasteiger partial charge in [-0.05, 0) is 25.9 Å². The highest BCUT2D eigenvalue weighted by molar-refractivity contribution is 4.86. The number of hydrogen-bond donors (Lipinski definition) is 0. The van der Waals surface area contributed by atoms with Gasteiger partial charge in [0.15, 0.2) is 0 Å². The minimum absolute atomic E-state index is 0.906. The minimum atomic E-state index is 0.906. The van der Waals surface area contributed by atoms with Gasteiger partial charge in [0.25, 0.3) is 0 Å². The Kier molecular flexibility index (Phi) is 4.74. The molecule has 0 radical (unpaired) electrons. The lowest BCUT2D eigenvalue weighted by Gasteiger charge is -2.36. The molecule has 2 saturated heterocycles. The molecule has 0 aliphatic carbocycles. The monoisotopic (exact) mass is 184 g/mol. The van der Waals surface area contributed by atoms with E-state index in [0.717, 1.165) is 6.04 Å². The van der Waals surface area contributed by atoms with Gasteiger partial charge in [-0.2, -0.15) is 0 Å². The third-order valence-corrected chi connectivity index (χ3v) is 3.12. The average Bonchev–Trinajstić information content (AvgIpc) is 2.67. The molecule has 78 valence electrons. The van der Waals surface area contributed by atoms with Crippen LogP contribution in [0.5, 0.6) is 0 Å². The molecule has 13 heavy (non-hydrogen) atoms. The third-order valence-electron chi connectivity index (χ3n) is 3.12. The summed E-state index contributed by atoms with van der Waals surface area (Å²) in [6.45, 7) is 12.8. The molecule has 0 aromatic carbocycles. The molecule has 0 bridgehead atoms. The summed E-state index contributed by atoms with van der Waals surface area (Å²) in [5.41, 5.74) is 0. The van der Waals surface area contributed by atoms with Gasteiger partial charge in [0.2, 0.25) is 0 Å². The second kappa shape index (κ2) is 5.61. The molecule has 1 atom stereocenters. The van der Waals surface area contributed by atoms with Crippen LogP contribution in [-0.4, -0.2) is 48.6 Å². The predicted molar refractivity (Wildman–Crippen MR) is 58.1 cm³/mol. The molecule has 1 unspecified atom stereocenters. The van der Waals surface area contributed by atoms with E-state index in [-0.39, 0.29) is 0 Å². The molecular weight excluding hydrogens is 160 g/mol. The summed E-state index contributed by atoms with van der Waals surface area (Å²) in [6.07, 6.45) is 2.87. The van der Waals surface area contributed by atoms with Gasteiger partial charge in [0.05, 0.1) is 0 Å². The Hall–Kier alpha value is -0.0800. The van der Waals surface area contributed by atoms with Gasteiger partial charge in [-0.15, -0.1) is 0 Å². The molecule has 2 aliphatic heterocycles. The third kappa shape index (κ3) is 2.68. The highest BCUT2D eigenvalue weighted by atomic mass is 15.3. The SMILES string of the molecule is CC.CCN1CCN2CCCC2C1. The van der Waals surface area contributed by atoms with Crippen LogP contribution in [0.25, 0.3) is 0 Å². The van der Waals surface area contributed by atoms with Gasteiger partial charge >= 0.3 is 0 Å². The van der Waals surface area contributed by atoms with Crippen molar-refractivity contribution in [1.29, 1.82) is 0 Å². The topological polar surface area (TPSA) is 6.48 Å². The van der Waals surface area contributed by atoms with E-state index in [2.05, 4.69) is 16.7 Å². The van der Waals surface area contributed by atoms with Gasteiger partial charge < -0.3 is 4.90 Å². The molecule has 2 heterocycles. The Labute approximate surface area is 82.9 Å². The number of piperazine rings is 1. The summed E-state index contributed by atoms with van der Waals surface area (Å²) in [4.78, 5) is 5.23. The summed E-state index contributed by atoms with van der Waals surface area (Å²) in [5.74, 6) is 0. The number of nitrogens with zero attached hydrogens (tertiary/aromatic N) is 2. The Bertz CT molecular complexity index is 136. The first-order valence-electron chi connectivity index (χ1n) is 5.86. The van der Waals surface area contributed by atoms with Crippen molar-refractivity contribution in [1.82, 2.24) is 9.80 Å². The summed E-state index contributed by atoms with van der Waals surface area (Å²) in [5, 5.41) is 0. The summed E-state index contributed by atoms with van der Waals surface area (Å²) in [6, 6.07) is 0.906. The van der Waals surface area contributed by atoms with Gasteiger partial charge in [0.1, 0.15) is 0 Å². The molecule has 0 amide bonds. The first-order chi connectivity index (χ1) is 6.40. The van der Waals surface area contributed by atoms with Gasteiger partial charge in [-0.25, -0.2) is 0 Å². The van der Waals surface area contributed by atoms with Gasteiger partial charge in [-0.3, -0.25) is 4.90 Å². The van der Waals surface area contributed by atoms with E-state index >= 15 is 0 Å². The number of fused-ring (bicyclic) bond motifs is 1. The highest BCUT2D eigenvalue weighted by Crippen LogP contribution is 2.20. The van der Waals surface area contributed by atoms with Crippen molar-refractivity contribution in [3.8, 4) is 0 Å². The second-order valence-corrected chi connectivity index (χ2v) is 3.73. The van der Waals surface area contributed by atoms with Crippen molar-refractivity contribution in [3.63, 3.8) is 0 Å². The van der Waals surface area contributed by atoms with E-state index < -0.39 is 0 Å². The lowest BCUT2D eigenvalue weighted by Crippen LogP contribution is -2.49. The van der Waals surface area contributed by atoms with E-state index in [1.54, 1.807) is 0 Å². The van der Waals surface area contributed by atoms with E-state index in [9.17, 15) is 0 Å². The van der Waals surface area contributed by atoms with Crippen molar-refractivity contribution in [2.75, 3.05) is 32.7 Å². The average molecular weight is 184 g/mol. The molecule has 2 aliphatic rings. The van der Waals surface area contributed by atoms with Crippen LogP contribution in [0.15, 0.2) is 0 Å². The number of likely N-dealkylation sites (N-methyl/N-ethyl adjacent to an activating group) is 1. The number of rotatable bonds is 1. The molecule has 0 aromatic rings. The Morgan fingerprint density at radius 1 is 1.15 bits per heavy atom. The molecule has 2 fully saturated rings. The van der Waals surface area contributed by atoms with E-state index in [1.165, 1.54) is 45.6 Å². The van der Waals surface area contributed by atoms with Crippen LogP contribution in [-0.2, 0) is 0 Å². The van der Waals surface area contributed by atoms with Crippen molar-refractivity contribution in [3.05, 3.63) is 0 Å². The Balaban J connectivity index is 0.000000396. The van der Waals surface area contributed by atoms with Crippen LogP contribution >= 0.6 is 0 Å². The van der Waals surface area contributed by atoms with E-state index in [1.807, 2.05) is 13.8 Å². The molecule has 2 heteroatoms. The normalized spacial score (nSPS) is 29.3. The largest absolute Gasteiger partial charge is 0.301 e. The van der Waals surface area contributed by atoms with E-state index in [4.69, 9.17) is 0 Å². The zero-order chi connectivity index (χ0) is 9.68. The molecule has 0 N–H and O–H groups in total. The fraction of sp³-hybridized carbons (Fsp3) is 1.00. The molecule has 0 aromatic heterocycles. The standard InChI is InChI=1S/C9H18N2.C2H6/c1-2-10-6-7-11-5-3-4-9(11)8-10;1-2/h9H,2-8H2,1H3;1-2H3. The first-order valence-corrected chi connectivity index (χ1v) is 5.86. The van der Waals surface area contributed by atoms with Gasteiger partial charge in [0, 0.05) is 25.7 Å². The van der Waals surface area contributed by atoms with Crippen molar-refractivity contribution < 1.29 is 0 Å². The maximum Gasteiger partial charge on any atom is 0.0224 e. The summed E-state index contributed by atoms with van der Waals surface area (Å²) in [7, 11) is 0. The lowest BCUT2D eigenvalue weighted by molar-refractivity contribution is 0.109. The minimum Gasteiger partial charge on any atom is -0.301 e. The Morgan fingerprint density at radius 2 is 1.92 bits per heavy atom. The van der Waals surface area contributed by atoms with Crippen LogP contribution < -0.4 is 0 Å². The molecule has 2 nitrogen and oxygen atoms in total. The maximum atomic E-state index is 2.66. The predicted octanol–water partition coefficient (Wildman–Crippen LogP) is 1.81. The van der Waals surface area contributed by atoms with Crippen molar-refractivity contribution >= 4 is 0 Å². The van der Waals surface area contributed by atoms with Crippen LogP contribution in [0.2, 0.25) is 0 Å². The zero-order valence-corrected chi connectivity index (χ0v) is 9.42. The molecule has 2 rings (SSSR count). The second-order valence-electron chi connectivity index (χ2n) is 3.73. The van der Waals surface area contributed by atoms with Crippen molar-refractivity contribution in [2.45, 2.75) is 39.7 Å². The van der Waals surface area contributed by atoms with Gasteiger partial charge in [-0.1, -0.05) is 20.8 Å². The quantitative estimate of drug-likeness (QED) is 0.613. The lowest BCUT2D eigenvalue weighted by atomic mass is 10.1. The van der Waals surface area contributed by atoms with Crippen LogP contribution in [0.4, 0.5) is 0 Å². The highest BCUT2D eigenvalue weighted by Gasteiger charge is 2.29. The van der Waals surface area contributed by atoms with Crippen molar-refractivity contribution in [2.24, 2.45) is 0 Å². The molecular formula is C11H24N2. The molecule has 0 spiro atoms. The van der Waals surface area contributed by atoms with Crippen LogP contribution in [0.1, 0.15) is 33.6 Å². The fourth-order valence-electron chi connectivity index (χ4n) is 2.34. The summed E-state index contributed by atoms with van der Waals surface area (Å²) >= 11 is 0. The molecule has 0 saturated carbocycles. The number of hydrogen-bond acceptors (Lipinski definition) is 2. The smallest absolute Gasteiger partial charge is 0.0224 e. The zero-order valence-electron chi connectivity index (χ0n) is 9.42.